The lowest BCUT2D eigenvalue weighted by Gasteiger charge is -2.30. The molecule has 0 aliphatic carbocycles. The second-order valence-electron chi connectivity index (χ2n) is 8.50. The summed E-state index contributed by atoms with van der Waals surface area (Å²) in [4.78, 5) is 13.0. The third-order valence-corrected chi connectivity index (χ3v) is 8.22. The first-order valence-corrected chi connectivity index (χ1v) is 12.3. The number of ether oxygens (including phenoxy) is 1. The van der Waals surface area contributed by atoms with Gasteiger partial charge in [0.2, 0.25) is 10.0 Å². The summed E-state index contributed by atoms with van der Waals surface area (Å²) in [5, 5.41) is 13.1. The molecule has 0 bridgehead atoms. The van der Waals surface area contributed by atoms with Crippen LogP contribution < -0.4 is 10.1 Å². The lowest BCUT2D eigenvalue weighted by molar-refractivity contribution is 0.0916. The van der Waals surface area contributed by atoms with Gasteiger partial charge < -0.3 is 15.2 Å². The fraction of sp³-hybridized carbons (Fsp3) is 0.458. The highest BCUT2D eigenvalue weighted by atomic mass is 32.2. The van der Waals surface area contributed by atoms with E-state index in [0.29, 0.717) is 35.9 Å². The van der Waals surface area contributed by atoms with Crippen molar-refractivity contribution in [2.24, 2.45) is 5.92 Å². The standard InChI is InChI=1S/C24H32N2O5S/c1-16-9-11-26(12-10-16)32(29,30)23-14-20(13-17(2)18(23)3)24(28)25-15-22(27)19-5-7-21(31-4)8-6-19/h5-8,13-14,16,22,27H,9-12,15H2,1-4H3,(H,25,28). The third kappa shape index (κ3) is 5.31. The molecular formula is C24H32N2O5S. The number of carbonyl (C=O) groups is 1. The highest BCUT2D eigenvalue weighted by molar-refractivity contribution is 7.89. The van der Waals surface area contributed by atoms with E-state index in [-0.39, 0.29) is 17.0 Å². The molecule has 1 saturated heterocycles. The minimum atomic E-state index is -3.68. The van der Waals surface area contributed by atoms with Gasteiger partial charge in [0.1, 0.15) is 5.75 Å². The molecule has 2 N–H and O–H groups in total. The Morgan fingerprint density at radius 3 is 2.41 bits per heavy atom. The first-order valence-electron chi connectivity index (χ1n) is 10.8. The van der Waals surface area contributed by atoms with Crippen molar-refractivity contribution in [1.82, 2.24) is 9.62 Å². The number of amides is 1. The number of hydrogen-bond acceptors (Lipinski definition) is 5. The van der Waals surface area contributed by atoms with E-state index in [1.807, 2.05) is 0 Å². The average molecular weight is 461 g/mol. The van der Waals surface area contributed by atoms with Crippen molar-refractivity contribution < 1.29 is 23.1 Å². The first kappa shape index (κ1) is 24.2. The minimum absolute atomic E-state index is 0.00415. The Balaban J connectivity index is 1.76. The van der Waals surface area contributed by atoms with Gasteiger partial charge >= 0.3 is 0 Å². The molecule has 32 heavy (non-hydrogen) atoms. The average Bonchev–Trinajstić information content (AvgIpc) is 2.79. The van der Waals surface area contributed by atoms with E-state index in [1.165, 1.54) is 10.4 Å². The number of aliphatic hydroxyl groups excluding tert-OH is 1. The molecule has 7 nitrogen and oxygen atoms in total. The molecule has 1 atom stereocenters. The normalized spacial score (nSPS) is 16.5. The maximum atomic E-state index is 13.3. The maximum Gasteiger partial charge on any atom is 0.251 e. The van der Waals surface area contributed by atoms with Crippen LogP contribution in [0.2, 0.25) is 0 Å². The molecule has 1 aliphatic rings. The Bertz CT molecular complexity index is 1060. The second-order valence-corrected chi connectivity index (χ2v) is 10.4. The van der Waals surface area contributed by atoms with Crippen LogP contribution in [0.25, 0.3) is 0 Å². The SMILES string of the molecule is COc1ccc(C(O)CNC(=O)c2cc(C)c(C)c(S(=O)(=O)N3CCC(C)CC3)c2)cc1. The number of piperidine rings is 1. The van der Waals surface area contributed by atoms with Gasteiger partial charge in [-0.3, -0.25) is 4.79 Å². The van der Waals surface area contributed by atoms with Crippen LogP contribution in [0.3, 0.4) is 0 Å². The maximum absolute atomic E-state index is 13.3. The molecular weight excluding hydrogens is 428 g/mol. The quantitative estimate of drug-likeness (QED) is 0.662. The molecule has 0 saturated carbocycles. The van der Waals surface area contributed by atoms with Gasteiger partial charge in [-0.2, -0.15) is 4.31 Å². The van der Waals surface area contributed by atoms with Gasteiger partial charge in [0.15, 0.2) is 0 Å². The number of nitrogens with one attached hydrogen (secondary N) is 1. The summed E-state index contributed by atoms with van der Waals surface area (Å²) in [6, 6.07) is 10.1. The Labute approximate surface area is 190 Å². The lowest BCUT2D eigenvalue weighted by atomic mass is 10.0. The molecule has 1 unspecified atom stereocenters. The van der Waals surface area contributed by atoms with Crippen LogP contribution in [-0.4, -0.2) is 50.5 Å². The highest BCUT2D eigenvalue weighted by Gasteiger charge is 2.30. The van der Waals surface area contributed by atoms with Crippen molar-refractivity contribution in [2.45, 2.75) is 44.6 Å². The molecule has 1 fully saturated rings. The Morgan fingerprint density at radius 1 is 1.19 bits per heavy atom. The van der Waals surface area contributed by atoms with Crippen LogP contribution in [0.5, 0.6) is 5.75 Å². The largest absolute Gasteiger partial charge is 0.497 e. The number of rotatable bonds is 7. The molecule has 2 aromatic carbocycles. The van der Waals surface area contributed by atoms with Crippen LogP contribution in [0, 0.1) is 19.8 Å². The van der Waals surface area contributed by atoms with Gasteiger partial charge in [-0.1, -0.05) is 19.1 Å². The number of methoxy groups -OCH3 is 1. The number of benzene rings is 2. The number of nitrogens with zero attached hydrogens (tertiary/aromatic N) is 1. The third-order valence-electron chi connectivity index (χ3n) is 6.20. The zero-order chi connectivity index (χ0) is 23.5. The molecule has 174 valence electrons. The summed E-state index contributed by atoms with van der Waals surface area (Å²) in [6.07, 6.45) is 0.774. The molecule has 3 rings (SSSR count). The first-order chi connectivity index (χ1) is 15.1. The van der Waals surface area contributed by atoms with Crippen molar-refractivity contribution in [3.63, 3.8) is 0 Å². The van der Waals surface area contributed by atoms with Crippen LogP contribution >= 0.6 is 0 Å². The topological polar surface area (TPSA) is 95.9 Å². The predicted octanol–water partition coefficient (Wildman–Crippen LogP) is 3.20. The number of aryl methyl sites for hydroxylation is 1. The summed E-state index contributed by atoms with van der Waals surface area (Å²) in [5.41, 5.74) is 2.29. The van der Waals surface area contributed by atoms with E-state index in [0.717, 1.165) is 18.4 Å². The van der Waals surface area contributed by atoms with Crippen molar-refractivity contribution in [3.05, 3.63) is 58.7 Å². The number of sulfonamides is 1. The zero-order valence-corrected chi connectivity index (χ0v) is 19.9. The summed E-state index contributed by atoms with van der Waals surface area (Å²) < 4.78 is 33.2. The van der Waals surface area contributed by atoms with Gasteiger partial charge in [0.05, 0.1) is 18.1 Å². The van der Waals surface area contributed by atoms with Crippen LogP contribution in [0.1, 0.15) is 52.9 Å². The van der Waals surface area contributed by atoms with E-state index in [1.54, 1.807) is 51.3 Å². The van der Waals surface area contributed by atoms with Crippen LogP contribution in [0.4, 0.5) is 0 Å². The van der Waals surface area contributed by atoms with E-state index < -0.39 is 22.0 Å². The number of carbonyl (C=O) groups excluding carboxylic acids is 1. The zero-order valence-electron chi connectivity index (χ0n) is 19.1. The predicted molar refractivity (Wildman–Crippen MR) is 123 cm³/mol. The van der Waals surface area contributed by atoms with E-state index in [4.69, 9.17) is 4.74 Å². The fourth-order valence-corrected chi connectivity index (χ4v) is 5.62. The summed E-state index contributed by atoms with van der Waals surface area (Å²) in [7, 11) is -2.12. The van der Waals surface area contributed by atoms with Crippen molar-refractivity contribution >= 4 is 15.9 Å². The van der Waals surface area contributed by atoms with Gasteiger partial charge in [0.25, 0.3) is 5.91 Å². The van der Waals surface area contributed by atoms with E-state index in [9.17, 15) is 18.3 Å². The van der Waals surface area contributed by atoms with Crippen molar-refractivity contribution in [1.29, 1.82) is 0 Å². The second kappa shape index (κ2) is 10.0. The molecule has 0 spiro atoms. The summed E-state index contributed by atoms with van der Waals surface area (Å²) in [5.74, 6) is 0.764. The number of hydrogen-bond donors (Lipinski definition) is 2. The fourth-order valence-electron chi connectivity index (χ4n) is 3.83. The highest BCUT2D eigenvalue weighted by Crippen LogP contribution is 2.28. The van der Waals surface area contributed by atoms with Gasteiger partial charge in [-0.05, 0) is 73.6 Å². The smallest absolute Gasteiger partial charge is 0.251 e. The minimum Gasteiger partial charge on any atom is -0.497 e. The molecule has 8 heteroatoms. The lowest BCUT2D eigenvalue weighted by Crippen LogP contribution is -2.38. The van der Waals surface area contributed by atoms with Crippen LogP contribution in [-0.2, 0) is 10.0 Å². The molecule has 1 amide bonds. The number of aliphatic hydroxyl groups is 1. The molecule has 1 aliphatic heterocycles. The van der Waals surface area contributed by atoms with Gasteiger partial charge in [-0.15, -0.1) is 0 Å². The molecule has 1 heterocycles. The Kier molecular flexibility index (Phi) is 7.59. The summed E-state index contributed by atoms with van der Waals surface area (Å²) in [6.45, 7) is 6.69. The van der Waals surface area contributed by atoms with E-state index in [2.05, 4.69) is 12.2 Å². The van der Waals surface area contributed by atoms with Crippen molar-refractivity contribution in [3.8, 4) is 5.75 Å². The summed E-state index contributed by atoms with van der Waals surface area (Å²) >= 11 is 0. The monoisotopic (exact) mass is 460 g/mol. The van der Waals surface area contributed by atoms with Crippen molar-refractivity contribution in [2.75, 3.05) is 26.7 Å². The Morgan fingerprint density at radius 2 is 1.81 bits per heavy atom. The van der Waals surface area contributed by atoms with Gasteiger partial charge in [0, 0.05) is 25.2 Å². The van der Waals surface area contributed by atoms with Crippen LogP contribution in [0.15, 0.2) is 41.3 Å². The molecule has 2 aromatic rings. The van der Waals surface area contributed by atoms with E-state index >= 15 is 0 Å². The molecule has 0 radical (unpaired) electrons. The molecule has 0 aromatic heterocycles. The Hall–Kier alpha value is -2.42. The van der Waals surface area contributed by atoms with Gasteiger partial charge in [-0.25, -0.2) is 8.42 Å².